The van der Waals surface area contributed by atoms with Crippen LogP contribution in [0.5, 0.6) is 0 Å². The molecule has 2 N–H and O–H groups in total. The zero-order chi connectivity index (χ0) is 21.8. The van der Waals surface area contributed by atoms with Gasteiger partial charge in [0.05, 0.1) is 15.6 Å². The Morgan fingerprint density at radius 2 is 1.86 bits per heavy atom. The van der Waals surface area contributed by atoms with Gasteiger partial charge in [-0.05, 0) is 31.2 Å². The summed E-state index contributed by atoms with van der Waals surface area (Å²) in [5.41, 5.74) is 0.466. The Morgan fingerprint density at radius 3 is 2.48 bits per heavy atom. The van der Waals surface area contributed by atoms with Gasteiger partial charge in [0, 0.05) is 44.7 Å². The summed E-state index contributed by atoms with van der Waals surface area (Å²) in [7, 11) is -0.866. The van der Waals surface area contributed by atoms with Gasteiger partial charge in [0.25, 0.3) is 0 Å². The first kappa shape index (κ1) is 23.2. The number of amides is 1. The number of halogens is 3. The van der Waals surface area contributed by atoms with Gasteiger partial charge in [0.15, 0.2) is 0 Å². The second-order valence-electron chi connectivity index (χ2n) is 6.57. The zero-order valence-corrected chi connectivity index (χ0v) is 17.7. The van der Waals surface area contributed by atoms with E-state index in [0.717, 1.165) is 10.4 Å². The molecule has 0 aromatic heterocycles. The lowest BCUT2D eigenvalue weighted by Gasteiger charge is -2.16. The molecule has 0 fully saturated rings. The molecule has 0 bridgehead atoms. The van der Waals surface area contributed by atoms with Crippen LogP contribution in [-0.4, -0.2) is 39.3 Å². The molecule has 2 aromatic carbocycles. The molecule has 0 aliphatic rings. The molecule has 1 amide bonds. The molecule has 0 spiro atoms. The van der Waals surface area contributed by atoms with Crippen molar-refractivity contribution in [1.82, 2.24) is 9.62 Å². The third kappa shape index (κ3) is 5.96. The van der Waals surface area contributed by atoms with E-state index in [1.807, 2.05) is 0 Å². The predicted octanol–water partition coefficient (Wildman–Crippen LogP) is 3.55. The Balaban J connectivity index is 1.97. The number of carbonyl (C=O) groups is 1. The third-order valence-corrected chi connectivity index (χ3v) is 6.36. The van der Waals surface area contributed by atoms with Gasteiger partial charge >= 0.3 is 0 Å². The summed E-state index contributed by atoms with van der Waals surface area (Å²) >= 11 is 6.05. The van der Waals surface area contributed by atoms with Crippen LogP contribution in [0.1, 0.15) is 24.9 Å². The van der Waals surface area contributed by atoms with E-state index in [-0.39, 0.29) is 34.1 Å². The van der Waals surface area contributed by atoms with Crippen LogP contribution in [0, 0.1) is 11.6 Å². The molecule has 0 aliphatic heterocycles. The summed E-state index contributed by atoms with van der Waals surface area (Å²) in [6.45, 7) is 1.91. The molecule has 158 valence electrons. The maximum absolute atomic E-state index is 13.8. The minimum absolute atomic E-state index is 0.000678. The first-order valence-electron chi connectivity index (χ1n) is 8.72. The van der Waals surface area contributed by atoms with Crippen molar-refractivity contribution < 1.29 is 22.0 Å². The van der Waals surface area contributed by atoms with Crippen molar-refractivity contribution in [1.29, 1.82) is 0 Å². The summed E-state index contributed by atoms with van der Waals surface area (Å²) in [6, 6.07) is 6.93. The summed E-state index contributed by atoms with van der Waals surface area (Å²) in [4.78, 5) is 12.2. The Kier molecular flexibility index (Phi) is 7.70. The first-order valence-corrected chi connectivity index (χ1v) is 10.5. The molecule has 0 saturated carbocycles. The van der Waals surface area contributed by atoms with Crippen LogP contribution in [-0.2, 0) is 14.8 Å². The average molecular weight is 446 g/mol. The normalized spacial score (nSPS) is 12.8. The Labute approximate surface area is 173 Å². The van der Waals surface area contributed by atoms with E-state index in [0.29, 0.717) is 0 Å². The molecule has 0 saturated heterocycles. The van der Waals surface area contributed by atoms with E-state index >= 15 is 0 Å². The van der Waals surface area contributed by atoms with E-state index in [4.69, 9.17) is 11.6 Å². The summed E-state index contributed by atoms with van der Waals surface area (Å²) in [5.74, 6) is -1.72. The second-order valence-corrected chi connectivity index (χ2v) is 9.13. The predicted molar refractivity (Wildman–Crippen MR) is 108 cm³/mol. The highest BCUT2D eigenvalue weighted by atomic mass is 35.5. The molecule has 6 nitrogen and oxygen atoms in total. The van der Waals surface area contributed by atoms with Gasteiger partial charge < -0.3 is 10.6 Å². The van der Waals surface area contributed by atoms with Crippen LogP contribution in [0.4, 0.5) is 14.5 Å². The number of nitrogens with zero attached hydrogens (tertiary/aromatic N) is 1. The molecule has 0 aliphatic carbocycles. The molecule has 2 aromatic rings. The van der Waals surface area contributed by atoms with Gasteiger partial charge in [-0.15, -0.1) is 0 Å². The van der Waals surface area contributed by atoms with Crippen molar-refractivity contribution in [3.8, 4) is 0 Å². The smallest absolute Gasteiger partial charge is 0.242 e. The highest BCUT2D eigenvalue weighted by molar-refractivity contribution is 7.89. The SMILES string of the molecule is CC(NCCC(=O)Nc1cc(S(=O)(=O)N(C)C)ccc1Cl)c1ccc(F)cc1F. The first-order chi connectivity index (χ1) is 13.5. The maximum Gasteiger partial charge on any atom is 0.242 e. The fourth-order valence-electron chi connectivity index (χ4n) is 2.55. The molecular weight excluding hydrogens is 424 g/mol. The quantitative estimate of drug-likeness (QED) is 0.651. The summed E-state index contributed by atoms with van der Waals surface area (Å²) in [5, 5.41) is 5.76. The number of sulfonamides is 1. The maximum atomic E-state index is 13.8. The van der Waals surface area contributed by atoms with E-state index in [2.05, 4.69) is 10.6 Å². The lowest BCUT2D eigenvalue weighted by Crippen LogP contribution is -2.25. The summed E-state index contributed by atoms with van der Waals surface area (Å²) < 4.78 is 52.3. The fraction of sp³-hybridized carbons (Fsp3) is 0.316. The van der Waals surface area contributed by atoms with Crippen molar-refractivity contribution in [2.75, 3.05) is 26.0 Å². The molecule has 1 unspecified atom stereocenters. The Hall–Kier alpha value is -2.07. The van der Waals surface area contributed by atoms with E-state index in [1.165, 1.54) is 44.4 Å². The average Bonchev–Trinajstić information content (AvgIpc) is 2.63. The second kappa shape index (κ2) is 9.62. The fourth-order valence-corrected chi connectivity index (χ4v) is 3.64. The van der Waals surface area contributed by atoms with Crippen LogP contribution in [0.3, 0.4) is 0 Å². The number of hydrogen-bond donors (Lipinski definition) is 2. The van der Waals surface area contributed by atoms with Crippen molar-refractivity contribution in [2.24, 2.45) is 0 Å². The number of nitrogens with one attached hydrogen (secondary N) is 2. The van der Waals surface area contributed by atoms with Gasteiger partial charge in [-0.3, -0.25) is 4.79 Å². The van der Waals surface area contributed by atoms with Crippen LogP contribution < -0.4 is 10.6 Å². The van der Waals surface area contributed by atoms with E-state index < -0.39 is 33.6 Å². The minimum Gasteiger partial charge on any atom is -0.325 e. The largest absolute Gasteiger partial charge is 0.325 e. The van der Waals surface area contributed by atoms with Crippen molar-refractivity contribution in [3.63, 3.8) is 0 Å². The van der Waals surface area contributed by atoms with Gasteiger partial charge in [0.2, 0.25) is 15.9 Å². The van der Waals surface area contributed by atoms with Crippen LogP contribution in [0.2, 0.25) is 5.02 Å². The highest BCUT2D eigenvalue weighted by Crippen LogP contribution is 2.26. The molecule has 0 radical (unpaired) electrons. The minimum atomic E-state index is -3.67. The van der Waals surface area contributed by atoms with Crippen LogP contribution in [0.25, 0.3) is 0 Å². The number of hydrogen-bond acceptors (Lipinski definition) is 4. The lowest BCUT2D eigenvalue weighted by molar-refractivity contribution is -0.116. The Bertz CT molecular complexity index is 1000. The lowest BCUT2D eigenvalue weighted by atomic mass is 10.1. The van der Waals surface area contributed by atoms with Crippen LogP contribution >= 0.6 is 11.6 Å². The van der Waals surface area contributed by atoms with Crippen molar-refractivity contribution in [3.05, 3.63) is 58.6 Å². The topological polar surface area (TPSA) is 78.5 Å². The van der Waals surface area contributed by atoms with Crippen molar-refractivity contribution in [2.45, 2.75) is 24.3 Å². The third-order valence-electron chi connectivity index (χ3n) is 4.22. The summed E-state index contributed by atoms with van der Waals surface area (Å²) in [6.07, 6.45) is 0.0359. The van der Waals surface area contributed by atoms with E-state index in [1.54, 1.807) is 6.92 Å². The van der Waals surface area contributed by atoms with Gasteiger partial charge in [-0.2, -0.15) is 0 Å². The van der Waals surface area contributed by atoms with Gasteiger partial charge in [0.1, 0.15) is 11.6 Å². The number of rotatable bonds is 8. The van der Waals surface area contributed by atoms with Gasteiger partial charge in [-0.25, -0.2) is 21.5 Å². The molecular formula is C19H22ClF2N3O3S. The monoisotopic (exact) mass is 445 g/mol. The molecule has 29 heavy (non-hydrogen) atoms. The number of carbonyl (C=O) groups excluding carboxylic acids is 1. The van der Waals surface area contributed by atoms with Crippen molar-refractivity contribution >= 4 is 33.2 Å². The number of benzene rings is 2. The highest BCUT2D eigenvalue weighted by Gasteiger charge is 2.19. The number of anilines is 1. The Morgan fingerprint density at radius 1 is 1.17 bits per heavy atom. The molecule has 2 rings (SSSR count). The molecule has 10 heteroatoms. The zero-order valence-electron chi connectivity index (χ0n) is 16.2. The van der Waals surface area contributed by atoms with E-state index in [9.17, 15) is 22.0 Å². The van der Waals surface area contributed by atoms with Gasteiger partial charge in [-0.1, -0.05) is 17.7 Å². The van der Waals surface area contributed by atoms with Crippen LogP contribution in [0.15, 0.2) is 41.3 Å². The molecule has 0 heterocycles. The molecule has 1 atom stereocenters. The standard InChI is InChI=1S/C19H22ClF2N3O3S/c1-12(15-6-4-13(21)10-17(15)22)23-9-8-19(26)24-18-11-14(5-7-16(18)20)29(27,28)25(2)3/h4-7,10-12,23H,8-9H2,1-3H3,(H,24,26).